The molecule has 2 rings (SSSR count). The standard InChI is InChI=1S/C10H6ClF5N2O/c11-7(9(12,13)10(14,15)16)4-1-2-5-6(3-4)18-8(19)17-5/h1-3,7H,(H2,17,18,19). The van der Waals surface area contributed by atoms with Gasteiger partial charge in [0.05, 0.1) is 11.0 Å². The maximum Gasteiger partial charge on any atom is 0.455 e. The lowest BCUT2D eigenvalue weighted by Crippen LogP contribution is -2.40. The van der Waals surface area contributed by atoms with E-state index in [0.717, 1.165) is 12.1 Å². The van der Waals surface area contributed by atoms with Gasteiger partial charge < -0.3 is 9.97 Å². The van der Waals surface area contributed by atoms with Crippen LogP contribution >= 0.6 is 11.6 Å². The molecule has 9 heteroatoms. The fourth-order valence-corrected chi connectivity index (χ4v) is 1.82. The molecule has 0 amide bonds. The first kappa shape index (κ1) is 13.9. The Bertz CT molecular complexity index is 660. The van der Waals surface area contributed by atoms with Crippen LogP contribution in [0.15, 0.2) is 23.0 Å². The van der Waals surface area contributed by atoms with Gasteiger partial charge in [0.1, 0.15) is 5.38 Å². The summed E-state index contributed by atoms with van der Waals surface area (Å²) in [7, 11) is 0. The molecule has 2 aromatic rings. The number of benzene rings is 1. The quantitative estimate of drug-likeness (QED) is 0.648. The van der Waals surface area contributed by atoms with Gasteiger partial charge in [-0.15, -0.1) is 11.6 Å². The van der Waals surface area contributed by atoms with Gasteiger partial charge in [-0.1, -0.05) is 6.07 Å². The van der Waals surface area contributed by atoms with E-state index in [1.807, 2.05) is 0 Å². The number of alkyl halides is 6. The maximum absolute atomic E-state index is 13.1. The van der Waals surface area contributed by atoms with Gasteiger partial charge in [-0.05, 0) is 17.7 Å². The summed E-state index contributed by atoms with van der Waals surface area (Å²) in [6.07, 6.45) is -5.75. The van der Waals surface area contributed by atoms with Crippen molar-refractivity contribution in [3.63, 3.8) is 0 Å². The Morgan fingerprint density at radius 2 is 1.63 bits per heavy atom. The highest BCUT2D eigenvalue weighted by Crippen LogP contribution is 2.47. The van der Waals surface area contributed by atoms with E-state index in [9.17, 15) is 26.7 Å². The van der Waals surface area contributed by atoms with E-state index >= 15 is 0 Å². The number of aromatic amines is 2. The zero-order valence-electron chi connectivity index (χ0n) is 8.99. The van der Waals surface area contributed by atoms with Crippen molar-refractivity contribution in [3.8, 4) is 0 Å². The average Bonchev–Trinajstić information content (AvgIpc) is 2.65. The highest BCUT2D eigenvalue weighted by atomic mass is 35.5. The first-order valence-electron chi connectivity index (χ1n) is 4.93. The third-order valence-electron chi connectivity index (χ3n) is 2.53. The molecule has 0 fully saturated rings. The van der Waals surface area contributed by atoms with Crippen LogP contribution in [0.25, 0.3) is 11.0 Å². The molecular formula is C10H6ClF5N2O. The average molecular weight is 301 g/mol. The molecule has 0 saturated heterocycles. The zero-order chi connectivity index (χ0) is 14.4. The number of imidazole rings is 1. The van der Waals surface area contributed by atoms with E-state index in [-0.39, 0.29) is 11.0 Å². The van der Waals surface area contributed by atoms with Crippen molar-refractivity contribution in [2.24, 2.45) is 0 Å². The Kier molecular flexibility index (Phi) is 3.08. The van der Waals surface area contributed by atoms with Gasteiger partial charge in [0.15, 0.2) is 0 Å². The third kappa shape index (κ3) is 2.32. The molecule has 19 heavy (non-hydrogen) atoms. The number of rotatable bonds is 2. The van der Waals surface area contributed by atoms with Crippen LogP contribution in [0.2, 0.25) is 0 Å². The van der Waals surface area contributed by atoms with Crippen molar-refractivity contribution in [1.29, 1.82) is 0 Å². The number of hydrogen-bond donors (Lipinski definition) is 2. The summed E-state index contributed by atoms with van der Waals surface area (Å²) >= 11 is 5.22. The van der Waals surface area contributed by atoms with E-state index in [1.54, 1.807) is 0 Å². The van der Waals surface area contributed by atoms with Crippen molar-refractivity contribution < 1.29 is 22.0 Å². The van der Waals surface area contributed by atoms with Crippen LogP contribution in [0, 0.1) is 0 Å². The predicted molar refractivity (Wildman–Crippen MR) is 58.5 cm³/mol. The summed E-state index contributed by atoms with van der Waals surface area (Å²) in [5.74, 6) is -5.07. The van der Waals surface area contributed by atoms with Gasteiger partial charge in [0, 0.05) is 0 Å². The second kappa shape index (κ2) is 4.22. The molecule has 1 aromatic carbocycles. The Balaban J connectivity index is 2.46. The van der Waals surface area contributed by atoms with Crippen molar-refractivity contribution in [2.45, 2.75) is 17.5 Å². The Hall–Kier alpha value is -1.57. The fourth-order valence-electron chi connectivity index (χ4n) is 1.56. The van der Waals surface area contributed by atoms with Crippen LogP contribution in [0.5, 0.6) is 0 Å². The molecule has 1 aromatic heterocycles. The van der Waals surface area contributed by atoms with Gasteiger partial charge in [0.25, 0.3) is 0 Å². The van der Waals surface area contributed by atoms with E-state index in [0.29, 0.717) is 0 Å². The third-order valence-corrected chi connectivity index (χ3v) is 3.05. The summed E-state index contributed by atoms with van der Waals surface area (Å²) in [5, 5.41) is -2.57. The van der Waals surface area contributed by atoms with E-state index in [2.05, 4.69) is 9.97 Å². The van der Waals surface area contributed by atoms with Crippen molar-refractivity contribution in [1.82, 2.24) is 9.97 Å². The molecule has 0 saturated carbocycles. The first-order chi connectivity index (χ1) is 8.63. The van der Waals surface area contributed by atoms with Crippen molar-refractivity contribution in [2.75, 3.05) is 0 Å². The molecule has 1 heterocycles. The SMILES string of the molecule is O=c1[nH]c2ccc(C(Cl)C(F)(F)C(F)(F)F)cc2[nH]1. The maximum atomic E-state index is 13.1. The minimum Gasteiger partial charge on any atom is -0.306 e. The van der Waals surface area contributed by atoms with Gasteiger partial charge in [-0.2, -0.15) is 22.0 Å². The molecule has 2 N–H and O–H groups in total. The number of fused-ring (bicyclic) bond motifs is 1. The smallest absolute Gasteiger partial charge is 0.306 e. The molecule has 0 bridgehead atoms. The van der Waals surface area contributed by atoms with Crippen LogP contribution in [0.1, 0.15) is 10.9 Å². The molecule has 0 radical (unpaired) electrons. The van der Waals surface area contributed by atoms with Crippen LogP contribution < -0.4 is 5.69 Å². The summed E-state index contributed by atoms with van der Waals surface area (Å²) < 4.78 is 62.7. The van der Waals surface area contributed by atoms with E-state index in [4.69, 9.17) is 11.6 Å². The molecule has 104 valence electrons. The minimum atomic E-state index is -5.75. The van der Waals surface area contributed by atoms with Crippen molar-refractivity contribution in [3.05, 3.63) is 34.2 Å². The molecule has 0 spiro atoms. The number of halogens is 6. The number of aromatic nitrogens is 2. The Morgan fingerprint density at radius 3 is 2.21 bits per heavy atom. The highest BCUT2D eigenvalue weighted by Gasteiger charge is 2.62. The van der Waals surface area contributed by atoms with Gasteiger partial charge in [-0.25, -0.2) is 4.79 Å². The summed E-state index contributed by atoms with van der Waals surface area (Å²) in [4.78, 5) is 15.5. The predicted octanol–water partition coefficient (Wildman–Crippen LogP) is 3.33. The largest absolute Gasteiger partial charge is 0.455 e. The van der Waals surface area contributed by atoms with Gasteiger partial charge in [-0.3, -0.25) is 0 Å². The zero-order valence-corrected chi connectivity index (χ0v) is 9.74. The molecular weight excluding hydrogens is 295 g/mol. The topological polar surface area (TPSA) is 48.6 Å². The Labute approximate surface area is 107 Å². The van der Waals surface area contributed by atoms with Gasteiger partial charge >= 0.3 is 17.8 Å². The molecule has 0 aliphatic carbocycles. The lowest BCUT2D eigenvalue weighted by molar-refractivity contribution is -0.283. The van der Waals surface area contributed by atoms with Crippen LogP contribution in [0.4, 0.5) is 22.0 Å². The summed E-state index contributed by atoms with van der Waals surface area (Å²) in [6.45, 7) is 0. The van der Waals surface area contributed by atoms with E-state index < -0.39 is 28.7 Å². The van der Waals surface area contributed by atoms with Crippen molar-refractivity contribution >= 4 is 22.6 Å². The molecule has 3 nitrogen and oxygen atoms in total. The molecule has 0 aliphatic rings. The summed E-state index contributed by atoms with van der Waals surface area (Å²) in [6, 6.07) is 3.18. The molecule has 1 atom stereocenters. The summed E-state index contributed by atoms with van der Waals surface area (Å²) in [5.41, 5.74) is -0.647. The normalized spacial score (nSPS) is 14.8. The van der Waals surface area contributed by atoms with Crippen LogP contribution in [-0.4, -0.2) is 22.1 Å². The monoisotopic (exact) mass is 300 g/mol. The van der Waals surface area contributed by atoms with Gasteiger partial charge in [0.2, 0.25) is 0 Å². The minimum absolute atomic E-state index is 0.103. The Morgan fingerprint density at radius 1 is 1.05 bits per heavy atom. The number of hydrogen-bond acceptors (Lipinski definition) is 1. The number of nitrogens with one attached hydrogen (secondary N) is 2. The second-order valence-corrected chi connectivity index (χ2v) is 4.30. The van der Waals surface area contributed by atoms with Crippen LogP contribution in [-0.2, 0) is 0 Å². The van der Waals surface area contributed by atoms with E-state index in [1.165, 1.54) is 6.07 Å². The molecule has 1 unspecified atom stereocenters. The highest BCUT2D eigenvalue weighted by molar-refractivity contribution is 6.21. The number of H-pyrrole nitrogens is 2. The lowest BCUT2D eigenvalue weighted by atomic mass is 10.1. The lowest BCUT2D eigenvalue weighted by Gasteiger charge is -2.24. The fraction of sp³-hybridized carbons (Fsp3) is 0.300. The first-order valence-corrected chi connectivity index (χ1v) is 5.37. The second-order valence-electron chi connectivity index (χ2n) is 3.87. The van der Waals surface area contributed by atoms with Crippen LogP contribution in [0.3, 0.4) is 0 Å². The molecule has 0 aliphatic heterocycles.